The SMILES string of the molecule is CCc1ccc(NC(=O)NC(C)C(C)C)cc1. The average molecular weight is 234 g/mol. The first-order valence-electron chi connectivity index (χ1n) is 6.19. The number of carbonyl (C=O) groups is 1. The highest BCUT2D eigenvalue weighted by Gasteiger charge is 2.10. The molecule has 0 bridgehead atoms. The normalized spacial score (nSPS) is 12.3. The molecule has 0 spiro atoms. The maximum atomic E-state index is 11.7. The van der Waals surface area contributed by atoms with Gasteiger partial charge in [-0.25, -0.2) is 4.79 Å². The number of amides is 2. The van der Waals surface area contributed by atoms with Gasteiger partial charge in [-0.3, -0.25) is 0 Å². The van der Waals surface area contributed by atoms with Gasteiger partial charge in [-0.1, -0.05) is 32.9 Å². The second-order valence-electron chi connectivity index (χ2n) is 4.68. The maximum absolute atomic E-state index is 11.7. The number of aryl methyl sites for hydroxylation is 1. The molecule has 2 N–H and O–H groups in total. The Kier molecular flexibility index (Phi) is 5.01. The molecule has 2 amide bonds. The van der Waals surface area contributed by atoms with Gasteiger partial charge in [0.1, 0.15) is 0 Å². The quantitative estimate of drug-likeness (QED) is 0.823. The molecular weight excluding hydrogens is 212 g/mol. The van der Waals surface area contributed by atoms with Crippen LogP contribution in [0, 0.1) is 5.92 Å². The monoisotopic (exact) mass is 234 g/mol. The Hall–Kier alpha value is -1.51. The van der Waals surface area contributed by atoms with E-state index in [0.29, 0.717) is 5.92 Å². The number of nitrogens with one attached hydrogen (secondary N) is 2. The summed E-state index contributed by atoms with van der Waals surface area (Å²) in [4.78, 5) is 11.7. The van der Waals surface area contributed by atoms with Crippen LogP contribution in [-0.2, 0) is 6.42 Å². The van der Waals surface area contributed by atoms with Crippen molar-refractivity contribution in [2.45, 2.75) is 40.2 Å². The molecular formula is C14H22N2O. The van der Waals surface area contributed by atoms with Crippen LogP contribution in [0.3, 0.4) is 0 Å². The van der Waals surface area contributed by atoms with Crippen molar-refractivity contribution >= 4 is 11.7 Å². The predicted octanol–water partition coefficient (Wildman–Crippen LogP) is 3.42. The van der Waals surface area contributed by atoms with Crippen LogP contribution in [0.4, 0.5) is 10.5 Å². The molecule has 1 rings (SSSR count). The van der Waals surface area contributed by atoms with Crippen LogP contribution in [0.2, 0.25) is 0 Å². The van der Waals surface area contributed by atoms with E-state index in [9.17, 15) is 4.79 Å². The molecule has 0 saturated heterocycles. The van der Waals surface area contributed by atoms with Gasteiger partial charge in [0.05, 0.1) is 0 Å². The van der Waals surface area contributed by atoms with Gasteiger partial charge in [-0.2, -0.15) is 0 Å². The Bertz CT molecular complexity index is 357. The topological polar surface area (TPSA) is 41.1 Å². The summed E-state index contributed by atoms with van der Waals surface area (Å²) in [6, 6.07) is 7.94. The molecule has 17 heavy (non-hydrogen) atoms. The minimum absolute atomic E-state index is 0.143. The first-order chi connectivity index (χ1) is 8.02. The van der Waals surface area contributed by atoms with Gasteiger partial charge >= 0.3 is 6.03 Å². The fourth-order valence-corrected chi connectivity index (χ4v) is 1.36. The average Bonchev–Trinajstić information content (AvgIpc) is 2.29. The molecule has 0 saturated carbocycles. The molecule has 0 fully saturated rings. The molecule has 1 aromatic rings. The third-order valence-corrected chi connectivity index (χ3v) is 2.98. The van der Waals surface area contributed by atoms with Crippen LogP contribution in [0.1, 0.15) is 33.3 Å². The minimum atomic E-state index is -0.143. The number of benzene rings is 1. The molecule has 3 heteroatoms. The fourth-order valence-electron chi connectivity index (χ4n) is 1.36. The Morgan fingerprint density at radius 2 is 1.76 bits per heavy atom. The Balaban J connectivity index is 2.50. The largest absolute Gasteiger partial charge is 0.335 e. The molecule has 3 nitrogen and oxygen atoms in total. The van der Waals surface area contributed by atoms with Crippen molar-refractivity contribution in [3.8, 4) is 0 Å². The second-order valence-corrected chi connectivity index (χ2v) is 4.68. The zero-order valence-electron chi connectivity index (χ0n) is 11.1. The van der Waals surface area contributed by atoms with Crippen LogP contribution >= 0.6 is 0 Å². The molecule has 0 aliphatic carbocycles. The van der Waals surface area contributed by atoms with Crippen molar-refractivity contribution in [3.05, 3.63) is 29.8 Å². The van der Waals surface area contributed by atoms with Gasteiger partial charge in [0, 0.05) is 11.7 Å². The first-order valence-corrected chi connectivity index (χ1v) is 6.19. The number of hydrogen-bond acceptors (Lipinski definition) is 1. The number of anilines is 1. The van der Waals surface area contributed by atoms with E-state index in [-0.39, 0.29) is 12.1 Å². The van der Waals surface area contributed by atoms with Crippen molar-refractivity contribution in [2.24, 2.45) is 5.92 Å². The molecule has 1 aromatic carbocycles. The molecule has 1 atom stereocenters. The number of hydrogen-bond donors (Lipinski definition) is 2. The summed E-state index contributed by atoms with van der Waals surface area (Å²) in [5, 5.41) is 5.74. The Labute approximate surface area is 104 Å². The van der Waals surface area contributed by atoms with Gasteiger partial charge in [0.2, 0.25) is 0 Å². The summed E-state index contributed by atoms with van der Waals surface area (Å²) in [7, 11) is 0. The second kappa shape index (κ2) is 6.28. The van der Waals surface area contributed by atoms with Gasteiger partial charge < -0.3 is 10.6 Å². The molecule has 0 radical (unpaired) electrons. The van der Waals surface area contributed by atoms with E-state index in [0.717, 1.165) is 12.1 Å². The summed E-state index contributed by atoms with van der Waals surface area (Å²) in [5.41, 5.74) is 2.10. The minimum Gasteiger partial charge on any atom is -0.335 e. The van der Waals surface area contributed by atoms with Crippen molar-refractivity contribution in [1.29, 1.82) is 0 Å². The van der Waals surface area contributed by atoms with E-state index >= 15 is 0 Å². The van der Waals surface area contributed by atoms with Crippen LogP contribution in [0.5, 0.6) is 0 Å². The van der Waals surface area contributed by atoms with Crippen molar-refractivity contribution in [2.75, 3.05) is 5.32 Å². The summed E-state index contributed by atoms with van der Waals surface area (Å²) in [5.74, 6) is 0.434. The van der Waals surface area contributed by atoms with Crippen LogP contribution in [0.15, 0.2) is 24.3 Å². The van der Waals surface area contributed by atoms with Crippen molar-refractivity contribution < 1.29 is 4.79 Å². The van der Waals surface area contributed by atoms with E-state index < -0.39 is 0 Å². The van der Waals surface area contributed by atoms with Crippen LogP contribution in [-0.4, -0.2) is 12.1 Å². The third kappa shape index (κ3) is 4.47. The smallest absolute Gasteiger partial charge is 0.319 e. The van der Waals surface area contributed by atoms with Gasteiger partial charge in [-0.05, 0) is 37.0 Å². The van der Waals surface area contributed by atoms with Crippen LogP contribution in [0.25, 0.3) is 0 Å². The molecule has 0 aliphatic rings. The zero-order valence-corrected chi connectivity index (χ0v) is 11.1. The summed E-state index contributed by atoms with van der Waals surface area (Å²) in [6.07, 6.45) is 1.01. The molecule has 0 heterocycles. The number of rotatable bonds is 4. The molecule has 0 aliphatic heterocycles. The highest BCUT2D eigenvalue weighted by Crippen LogP contribution is 2.10. The first kappa shape index (κ1) is 13.6. The van der Waals surface area contributed by atoms with E-state index in [1.807, 2.05) is 31.2 Å². The lowest BCUT2D eigenvalue weighted by atomic mass is 10.1. The van der Waals surface area contributed by atoms with E-state index in [4.69, 9.17) is 0 Å². The summed E-state index contributed by atoms with van der Waals surface area (Å²) < 4.78 is 0. The molecule has 0 aromatic heterocycles. The highest BCUT2D eigenvalue weighted by molar-refractivity contribution is 5.89. The van der Waals surface area contributed by atoms with E-state index in [1.165, 1.54) is 5.56 Å². The van der Waals surface area contributed by atoms with Crippen molar-refractivity contribution in [1.82, 2.24) is 5.32 Å². The lowest BCUT2D eigenvalue weighted by Crippen LogP contribution is -2.38. The van der Waals surface area contributed by atoms with Crippen molar-refractivity contribution in [3.63, 3.8) is 0 Å². The van der Waals surface area contributed by atoms with E-state index in [2.05, 4.69) is 31.4 Å². The number of carbonyl (C=O) groups excluding carboxylic acids is 1. The summed E-state index contributed by atoms with van der Waals surface area (Å²) >= 11 is 0. The zero-order chi connectivity index (χ0) is 12.8. The highest BCUT2D eigenvalue weighted by atomic mass is 16.2. The summed E-state index contributed by atoms with van der Waals surface area (Å²) in [6.45, 7) is 8.28. The van der Waals surface area contributed by atoms with E-state index in [1.54, 1.807) is 0 Å². The Morgan fingerprint density at radius 3 is 2.24 bits per heavy atom. The lowest BCUT2D eigenvalue weighted by molar-refractivity contribution is 0.246. The standard InChI is InChI=1S/C14H22N2O/c1-5-12-6-8-13(9-7-12)16-14(17)15-11(4)10(2)3/h6-11H,5H2,1-4H3,(H2,15,16,17). The lowest BCUT2D eigenvalue weighted by Gasteiger charge is -2.17. The maximum Gasteiger partial charge on any atom is 0.319 e. The third-order valence-electron chi connectivity index (χ3n) is 2.98. The number of urea groups is 1. The molecule has 94 valence electrons. The predicted molar refractivity (Wildman–Crippen MR) is 72.3 cm³/mol. The molecule has 1 unspecified atom stereocenters. The van der Waals surface area contributed by atoms with Gasteiger partial charge in [0.25, 0.3) is 0 Å². The van der Waals surface area contributed by atoms with Crippen LogP contribution < -0.4 is 10.6 Å². The van der Waals surface area contributed by atoms with Gasteiger partial charge in [-0.15, -0.1) is 0 Å². The van der Waals surface area contributed by atoms with Gasteiger partial charge in [0.15, 0.2) is 0 Å². The fraction of sp³-hybridized carbons (Fsp3) is 0.500. The Morgan fingerprint density at radius 1 is 1.18 bits per heavy atom.